The van der Waals surface area contributed by atoms with Crippen molar-refractivity contribution in [1.29, 1.82) is 0 Å². The van der Waals surface area contributed by atoms with E-state index >= 15 is 0 Å². The van der Waals surface area contributed by atoms with Crippen molar-refractivity contribution in [2.75, 3.05) is 13.1 Å². The molecule has 3 aliphatic rings. The molecule has 0 unspecified atom stereocenters. The van der Waals surface area contributed by atoms with Gasteiger partial charge >= 0.3 is 0 Å². The molecule has 6 rings (SSSR count). The molecular weight excluding hydrogens is 368 g/mol. The number of pyridine rings is 1. The maximum Gasteiger partial charge on any atom is 0.115 e. The van der Waals surface area contributed by atoms with Crippen LogP contribution in [0.3, 0.4) is 0 Å². The fraction of sp³-hybridized carbons (Fsp3) is 0.444. The lowest BCUT2D eigenvalue weighted by molar-refractivity contribution is 0.00122. The fourth-order valence-corrected chi connectivity index (χ4v) is 6.76. The third-order valence-electron chi connectivity index (χ3n) is 7.96. The number of phenols is 1. The van der Waals surface area contributed by atoms with Gasteiger partial charge in [-0.1, -0.05) is 38.1 Å². The van der Waals surface area contributed by atoms with Gasteiger partial charge in [0.1, 0.15) is 5.75 Å². The Morgan fingerprint density at radius 3 is 2.83 bits per heavy atom. The second-order valence-corrected chi connectivity index (χ2v) is 10.2. The first-order valence-electron chi connectivity index (χ1n) is 11.5. The zero-order valence-corrected chi connectivity index (χ0v) is 17.9. The minimum Gasteiger partial charge on any atom is -0.508 e. The van der Waals surface area contributed by atoms with E-state index in [2.05, 4.69) is 61.2 Å². The van der Waals surface area contributed by atoms with Gasteiger partial charge < -0.3 is 5.11 Å². The molecule has 2 aliphatic carbocycles. The third-order valence-corrected chi connectivity index (χ3v) is 7.96. The molecule has 3 atom stereocenters. The molecule has 1 aromatic heterocycles. The van der Waals surface area contributed by atoms with E-state index in [9.17, 15) is 5.11 Å². The molecule has 3 heteroatoms. The predicted molar refractivity (Wildman–Crippen MR) is 121 cm³/mol. The SMILES string of the molecule is CC(C)CN1CC[C@]23Cc4nc5ccccc5cc4C[C@H]2[C@@H]1Cc1ccc(O)cc13. The van der Waals surface area contributed by atoms with Gasteiger partial charge in [-0.2, -0.15) is 0 Å². The highest BCUT2D eigenvalue weighted by Crippen LogP contribution is 2.55. The molecule has 3 aromatic rings. The topological polar surface area (TPSA) is 36.4 Å². The van der Waals surface area contributed by atoms with Crippen molar-refractivity contribution in [3.05, 3.63) is 70.9 Å². The summed E-state index contributed by atoms with van der Waals surface area (Å²) in [5, 5.41) is 11.6. The molecule has 0 amide bonds. The summed E-state index contributed by atoms with van der Waals surface area (Å²) in [5.74, 6) is 1.68. The van der Waals surface area contributed by atoms with Crippen LogP contribution in [0.2, 0.25) is 0 Å². The number of hydrogen-bond acceptors (Lipinski definition) is 3. The molecule has 2 aromatic carbocycles. The standard InChI is InChI=1S/C27H30N2O/c1-17(2)16-29-10-9-27-15-25-20(11-19-5-3-4-6-24(19)28-25)12-23(27)26(29)13-18-7-8-21(30)14-22(18)27/h3-8,11,14,17,23,26,30H,9-10,12-13,15-16H2,1-2H3/t23-,26-,27+/m0/s1. The van der Waals surface area contributed by atoms with E-state index < -0.39 is 0 Å². The molecule has 3 nitrogen and oxygen atoms in total. The van der Waals surface area contributed by atoms with Gasteiger partial charge in [0.05, 0.1) is 5.52 Å². The highest BCUT2D eigenvalue weighted by molar-refractivity contribution is 5.79. The fourth-order valence-electron chi connectivity index (χ4n) is 6.76. The second-order valence-electron chi connectivity index (χ2n) is 10.2. The van der Waals surface area contributed by atoms with E-state index in [1.165, 1.54) is 34.3 Å². The van der Waals surface area contributed by atoms with Crippen LogP contribution in [0.1, 0.15) is 42.7 Å². The van der Waals surface area contributed by atoms with Crippen molar-refractivity contribution >= 4 is 10.9 Å². The first kappa shape index (κ1) is 18.4. The minimum atomic E-state index is 0.104. The summed E-state index contributed by atoms with van der Waals surface area (Å²) >= 11 is 0. The van der Waals surface area contributed by atoms with Gasteiger partial charge in [-0.3, -0.25) is 9.88 Å². The Hall–Kier alpha value is -2.39. The van der Waals surface area contributed by atoms with E-state index in [1.54, 1.807) is 0 Å². The first-order valence-corrected chi connectivity index (χ1v) is 11.5. The second kappa shape index (κ2) is 6.55. The van der Waals surface area contributed by atoms with Crippen LogP contribution in [-0.4, -0.2) is 34.1 Å². The number of aromatic nitrogens is 1. The Morgan fingerprint density at radius 2 is 1.97 bits per heavy atom. The Balaban J connectivity index is 1.52. The summed E-state index contributed by atoms with van der Waals surface area (Å²) in [5.41, 5.74) is 6.76. The zero-order valence-electron chi connectivity index (χ0n) is 17.9. The van der Waals surface area contributed by atoms with Crippen LogP contribution in [0.5, 0.6) is 5.75 Å². The number of nitrogens with zero attached hydrogens (tertiary/aromatic N) is 2. The number of fused-ring (bicyclic) bond motifs is 3. The maximum absolute atomic E-state index is 10.4. The molecule has 0 spiro atoms. The molecule has 30 heavy (non-hydrogen) atoms. The summed E-state index contributed by atoms with van der Waals surface area (Å²) in [4.78, 5) is 7.90. The number of phenolic OH excluding ortho intramolecular Hbond substituents is 1. The molecule has 2 bridgehead atoms. The van der Waals surface area contributed by atoms with Gasteiger partial charge in [0.15, 0.2) is 0 Å². The molecule has 0 radical (unpaired) electrons. The van der Waals surface area contributed by atoms with Crippen molar-refractivity contribution < 1.29 is 5.11 Å². The monoisotopic (exact) mass is 398 g/mol. The lowest BCUT2D eigenvalue weighted by Crippen LogP contribution is -2.63. The summed E-state index contributed by atoms with van der Waals surface area (Å²) < 4.78 is 0. The van der Waals surface area contributed by atoms with E-state index in [1.807, 2.05) is 6.07 Å². The van der Waals surface area contributed by atoms with Gasteiger partial charge in [-0.25, -0.2) is 0 Å². The zero-order chi connectivity index (χ0) is 20.5. The van der Waals surface area contributed by atoms with Gasteiger partial charge in [-0.05, 0) is 78.6 Å². The Morgan fingerprint density at radius 1 is 1.10 bits per heavy atom. The maximum atomic E-state index is 10.4. The largest absolute Gasteiger partial charge is 0.508 e. The number of piperidine rings is 1. The predicted octanol–water partition coefficient (Wildman–Crippen LogP) is 4.88. The quantitative estimate of drug-likeness (QED) is 0.668. The molecular formula is C27H30N2O. The highest BCUT2D eigenvalue weighted by atomic mass is 16.3. The summed E-state index contributed by atoms with van der Waals surface area (Å²) in [6, 6.07) is 17.6. The van der Waals surface area contributed by atoms with Crippen LogP contribution < -0.4 is 0 Å². The summed E-state index contributed by atoms with van der Waals surface area (Å²) in [6.45, 7) is 7.00. The third kappa shape index (κ3) is 2.64. The Kier molecular flexibility index (Phi) is 4.02. The lowest BCUT2D eigenvalue weighted by atomic mass is 9.52. The van der Waals surface area contributed by atoms with Crippen LogP contribution in [0, 0.1) is 11.8 Å². The smallest absolute Gasteiger partial charge is 0.115 e. The van der Waals surface area contributed by atoms with E-state index in [4.69, 9.17) is 4.98 Å². The van der Waals surface area contributed by atoms with Crippen molar-refractivity contribution in [2.24, 2.45) is 11.8 Å². The molecule has 2 heterocycles. The summed E-state index contributed by atoms with van der Waals surface area (Å²) in [6.07, 6.45) is 4.36. The lowest BCUT2D eigenvalue weighted by Gasteiger charge is -2.59. The van der Waals surface area contributed by atoms with Crippen molar-refractivity contribution in [2.45, 2.75) is 51.0 Å². The number of hydrogen-bond donors (Lipinski definition) is 1. The Labute approximate surface area is 178 Å². The van der Waals surface area contributed by atoms with E-state index in [0.29, 0.717) is 23.6 Å². The number of benzene rings is 2. The molecule has 1 fully saturated rings. The van der Waals surface area contributed by atoms with Gasteiger partial charge in [0, 0.05) is 35.5 Å². The van der Waals surface area contributed by atoms with Crippen molar-refractivity contribution in [3.63, 3.8) is 0 Å². The van der Waals surface area contributed by atoms with Crippen molar-refractivity contribution in [1.82, 2.24) is 9.88 Å². The molecule has 154 valence electrons. The molecule has 1 N–H and O–H groups in total. The normalized spacial score (nSPS) is 27.6. The van der Waals surface area contributed by atoms with Crippen LogP contribution in [0.15, 0.2) is 48.5 Å². The average Bonchev–Trinajstić information content (AvgIpc) is 2.73. The van der Waals surface area contributed by atoms with Gasteiger partial charge in [0.25, 0.3) is 0 Å². The molecule has 1 aliphatic heterocycles. The minimum absolute atomic E-state index is 0.104. The highest BCUT2D eigenvalue weighted by Gasteiger charge is 2.55. The van der Waals surface area contributed by atoms with Gasteiger partial charge in [-0.15, -0.1) is 0 Å². The van der Waals surface area contributed by atoms with Crippen LogP contribution in [-0.2, 0) is 24.7 Å². The van der Waals surface area contributed by atoms with Crippen LogP contribution >= 0.6 is 0 Å². The molecule has 1 saturated heterocycles. The van der Waals surface area contributed by atoms with E-state index in [0.717, 1.165) is 37.7 Å². The van der Waals surface area contributed by atoms with Gasteiger partial charge in [0.2, 0.25) is 0 Å². The molecule has 0 saturated carbocycles. The Bertz CT molecular complexity index is 1140. The van der Waals surface area contributed by atoms with Crippen LogP contribution in [0.4, 0.5) is 0 Å². The number of aromatic hydroxyl groups is 1. The number of rotatable bonds is 2. The number of para-hydroxylation sites is 1. The average molecular weight is 399 g/mol. The number of likely N-dealkylation sites (tertiary alicyclic amines) is 1. The summed E-state index contributed by atoms with van der Waals surface area (Å²) in [7, 11) is 0. The van der Waals surface area contributed by atoms with Crippen LogP contribution in [0.25, 0.3) is 10.9 Å². The van der Waals surface area contributed by atoms with E-state index in [-0.39, 0.29) is 5.41 Å². The first-order chi connectivity index (χ1) is 14.5. The van der Waals surface area contributed by atoms with Crippen molar-refractivity contribution in [3.8, 4) is 5.75 Å².